The third-order valence-corrected chi connectivity index (χ3v) is 7.10. The van der Waals surface area contributed by atoms with Crippen molar-refractivity contribution in [2.75, 3.05) is 5.32 Å². The normalized spacial score (nSPS) is 18.1. The van der Waals surface area contributed by atoms with Gasteiger partial charge in [-0.25, -0.2) is 8.42 Å². The van der Waals surface area contributed by atoms with E-state index in [2.05, 4.69) is 5.32 Å². The smallest absolute Gasteiger partial charge is 0.243 e. The SMILES string of the molecule is O=C1CCc2cc(S(=O)(=O)N(Cc3ccco3)C3CCCC3)ccc2N1. The predicted molar refractivity (Wildman–Crippen MR) is 97.1 cm³/mol. The first-order valence-electron chi connectivity index (χ1n) is 9.01. The van der Waals surface area contributed by atoms with E-state index in [9.17, 15) is 13.2 Å². The van der Waals surface area contributed by atoms with Crippen molar-refractivity contribution < 1.29 is 17.6 Å². The summed E-state index contributed by atoms with van der Waals surface area (Å²) >= 11 is 0. The van der Waals surface area contributed by atoms with E-state index in [0.29, 0.717) is 24.3 Å². The largest absolute Gasteiger partial charge is 0.468 e. The molecular formula is C19H22N2O4S. The predicted octanol–water partition coefficient (Wildman–Crippen LogP) is 3.30. The molecule has 2 heterocycles. The van der Waals surface area contributed by atoms with Crippen LogP contribution in [0.2, 0.25) is 0 Å². The van der Waals surface area contributed by atoms with Crippen LogP contribution < -0.4 is 5.32 Å². The van der Waals surface area contributed by atoms with Crippen LogP contribution in [0.3, 0.4) is 0 Å². The second-order valence-electron chi connectivity index (χ2n) is 6.94. The molecule has 1 aromatic carbocycles. The number of aryl methyl sites for hydroxylation is 1. The molecule has 138 valence electrons. The number of benzene rings is 1. The van der Waals surface area contributed by atoms with Gasteiger partial charge in [-0.2, -0.15) is 4.31 Å². The Morgan fingerprint density at radius 2 is 1.96 bits per heavy atom. The monoisotopic (exact) mass is 374 g/mol. The second-order valence-corrected chi connectivity index (χ2v) is 8.83. The summed E-state index contributed by atoms with van der Waals surface area (Å²) in [7, 11) is -3.65. The Morgan fingerprint density at radius 3 is 2.69 bits per heavy atom. The van der Waals surface area contributed by atoms with Gasteiger partial charge in [-0.1, -0.05) is 12.8 Å². The zero-order valence-electron chi connectivity index (χ0n) is 14.5. The molecule has 0 spiro atoms. The van der Waals surface area contributed by atoms with Gasteiger partial charge < -0.3 is 9.73 Å². The molecule has 0 unspecified atom stereocenters. The standard InChI is InChI=1S/C19H22N2O4S/c22-19-10-7-14-12-17(8-9-18(14)20-19)26(23,24)21(15-4-1-2-5-15)13-16-6-3-11-25-16/h3,6,8-9,11-12,15H,1-2,4-5,7,10,13H2,(H,20,22). The number of fused-ring (bicyclic) bond motifs is 1. The number of amides is 1. The maximum absolute atomic E-state index is 13.4. The number of carbonyl (C=O) groups excluding carboxylic acids is 1. The lowest BCUT2D eigenvalue weighted by atomic mass is 10.0. The van der Waals surface area contributed by atoms with Crippen LogP contribution in [0.1, 0.15) is 43.4 Å². The average Bonchev–Trinajstić information content (AvgIpc) is 3.32. The number of hydrogen-bond donors (Lipinski definition) is 1. The van der Waals surface area contributed by atoms with E-state index in [4.69, 9.17) is 4.42 Å². The molecule has 7 heteroatoms. The lowest BCUT2D eigenvalue weighted by Crippen LogP contribution is -2.38. The van der Waals surface area contributed by atoms with Crippen molar-refractivity contribution in [1.82, 2.24) is 4.31 Å². The number of hydrogen-bond acceptors (Lipinski definition) is 4. The van der Waals surface area contributed by atoms with Gasteiger partial charge in [0.1, 0.15) is 5.76 Å². The first-order valence-corrected chi connectivity index (χ1v) is 10.4. The molecule has 1 aliphatic heterocycles. The summed E-state index contributed by atoms with van der Waals surface area (Å²) in [6.45, 7) is 0.244. The van der Waals surface area contributed by atoms with E-state index in [1.165, 1.54) is 0 Å². The number of nitrogens with zero attached hydrogens (tertiary/aromatic N) is 1. The summed E-state index contributed by atoms with van der Waals surface area (Å²) in [6.07, 6.45) is 6.36. The van der Waals surface area contributed by atoms with Crippen LogP contribution in [0.25, 0.3) is 0 Å². The van der Waals surface area contributed by atoms with Crippen LogP contribution in [0.15, 0.2) is 45.9 Å². The molecule has 0 radical (unpaired) electrons. The topological polar surface area (TPSA) is 79.6 Å². The Hall–Kier alpha value is -2.12. The summed E-state index contributed by atoms with van der Waals surface area (Å²) in [4.78, 5) is 11.8. The van der Waals surface area contributed by atoms with Crippen LogP contribution in [0.4, 0.5) is 5.69 Å². The molecule has 26 heavy (non-hydrogen) atoms. The summed E-state index contributed by atoms with van der Waals surface area (Å²) < 4.78 is 33.8. The van der Waals surface area contributed by atoms with Gasteiger partial charge in [0, 0.05) is 18.2 Å². The summed E-state index contributed by atoms with van der Waals surface area (Å²) in [5.41, 5.74) is 1.58. The maximum atomic E-state index is 13.4. The van der Waals surface area contributed by atoms with Gasteiger partial charge >= 0.3 is 0 Å². The zero-order chi connectivity index (χ0) is 18.1. The van der Waals surface area contributed by atoms with Crippen molar-refractivity contribution in [3.05, 3.63) is 47.9 Å². The summed E-state index contributed by atoms with van der Waals surface area (Å²) in [6, 6.07) is 8.56. The minimum Gasteiger partial charge on any atom is -0.468 e. The van der Waals surface area contributed by atoms with Crippen molar-refractivity contribution in [3.63, 3.8) is 0 Å². The van der Waals surface area contributed by atoms with Gasteiger partial charge in [0.15, 0.2) is 0 Å². The van der Waals surface area contributed by atoms with Gasteiger partial charge in [0.2, 0.25) is 15.9 Å². The molecule has 6 nitrogen and oxygen atoms in total. The fourth-order valence-corrected chi connectivity index (χ4v) is 5.52. The lowest BCUT2D eigenvalue weighted by molar-refractivity contribution is -0.116. The number of anilines is 1. The minimum atomic E-state index is -3.65. The fraction of sp³-hybridized carbons (Fsp3) is 0.421. The number of nitrogens with one attached hydrogen (secondary N) is 1. The van der Waals surface area contributed by atoms with Crippen LogP contribution in [-0.4, -0.2) is 24.7 Å². The Kier molecular flexibility index (Phi) is 4.58. The highest BCUT2D eigenvalue weighted by molar-refractivity contribution is 7.89. The Labute approximate surface area is 153 Å². The number of sulfonamides is 1. The highest BCUT2D eigenvalue weighted by Gasteiger charge is 2.34. The fourth-order valence-electron chi connectivity index (χ4n) is 3.81. The number of rotatable bonds is 5. The quantitative estimate of drug-likeness (QED) is 0.871. The molecule has 0 atom stereocenters. The first kappa shape index (κ1) is 17.3. The lowest BCUT2D eigenvalue weighted by Gasteiger charge is -2.28. The van der Waals surface area contributed by atoms with Crippen LogP contribution in [0, 0.1) is 0 Å². The van der Waals surface area contributed by atoms with Gasteiger partial charge in [-0.15, -0.1) is 0 Å². The first-order chi connectivity index (χ1) is 12.5. The van der Waals surface area contributed by atoms with Gasteiger partial charge in [-0.05, 0) is 55.2 Å². The van der Waals surface area contributed by atoms with E-state index < -0.39 is 10.0 Å². The molecule has 0 saturated heterocycles. The zero-order valence-corrected chi connectivity index (χ0v) is 15.3. The Balaban J connectivity index is 1.68. The second kappa shape index (κ2) is 6.89. The molecule has 1 aliphatic carbocycles. The third-order valence-electron chi connectivity index (χ3n) is 5.20. The number of furan rings is 1. The molecule has 2 aliphatic rings. The van der Waals surface area contributed by atoms with Gasteiger partial charge in [0.25, 0.3) is 0 Å². The minimum absolute atomic E-state index is 0.000773. The van der Waals surface area contributed by atoms with Crippen molar-refractivity contribution in [2.24, 2.45) is 0 Å². The summed E-state index contributed by atoms with van der Waals surface area (Å²) in [5, 5.41) is 2.80. The maximum Gasteiger partial charge on any atom is 0.243 e. The average molecular weight is 374 g/mol. The van der Waals surface area contributed by atoms with Crippen molar-refractivity contribution in [2.45, 2.75) is 56.0 Å². The molecule has 1 aromatic heterocycles. The van der Waals surface area contributed by atoms with Crippen molar-refractivity contribution >= 4 is 21.6 Å². The molecule has 0 bridgehead atoms. The molecule has 1 saturated carbocycles. The molecule has 1 amide bonds. The van der Waals surface area contributed by atoms with Gasteiger partial charge in [-0.3, -0.25) is 4.79 Å². The van der Waals surface area contributed by atoms with Crippen LogP contribution in [0.5, 0.6) is 0 Å². The highest BCUT2D eigenvalue weighted by atomic mass is 32.2. The Morgan fingerprint density at radius 1 is 1.15 bits per heavy atom. The van der Waals surface area contributed by atoms with E-state index in [1.54, 1.807) is 40.9 Å². The summed E-state index contributed by atoms with van der Waals surface area (Å²) in [5.74, 6) is 0.615. The van der Waals surface area contributed by atoms with Crippen LogP contribution >= 0.6 is 0 Å². The van der Waals surface area contributed by atoms with E-state index in [1.807, 2.05) is 0 Å². The van der Waals surface area contributed by atoms with E-state index in [0.717, 1.165) is 31.2 Å². The van der Waals surface area contributed by atoms with E-state index in [-0.39, 0.29) is 23.4 Å². The molecule has 2 aromatic rings. The molecular weight excluding hydrogens is 352 g/mol. The highest BCUT2D eigenvalue weighted by Crippen LogP contribution is 2.32. The number of carbonyl (C=O) groups is 1. The van der Waals surface area contributed by atoms with Crippen molar-refractivity contribution in [3.8, 4) is 0 Å². The van der Waals surface area contributed by atoms with E-state index >= 15 is 0 Å². The van der Waals surface area contributed by atoms with Crippen LogP contribution in [-0.2, 0) is 27.8 Å². The van der Waals surface area contributed by atoms with Crippen molar-refractivity contribution in [1.29, 1.82) is 0 Å². The van der Waals surface area contributed by atoms with Gasteiger partial charge in [0.05, 0.1) is 17.7 Å². The Bertz CT molecular complexity index is 900. The molecule has 4 rings (SSSR count). The third kappa shape index (κ3) is 3.29. The molecule has 1 N–H and O–H groups in total. The molecule has 1 fully saturated rings.